The molecule has 1 saturated carbocycles. The summed E-state index contributed by atoms with van der Waals surface area (Å²) in [6.07, 6.45) is 5.35. The van der Waals surface area contributed by atoms with E-state index in [1.54, 1.807) is 5.51 Å². The van der Waals surface area contributed by atoms with Gasteiger partial charge >= 0.3 is 0 Å². The van der Waals surface area contributed by atoms with Gasteiger partial charge in [0, 0.05) is 26.2 Å². The molecule has 3 fully saturated rings. The van der Waals surface area contributed by atoms with E-state index in [0.29, 0.717) is 19.0 Å². The Balaban J connectivity index is 1.48. The van der Waals surface area contributed by atoms with Crippen LogP contribution in [0.3, 0.4) is 0 Å². The molecule has 1 atom stereocenters. The fraction of sp³-hybridized carbons (Fsp3) is 0.706. The lowest BCUT2D eigenvalue weighted by atomic mass is 9.78. The molecule has 0 bridgehead atoms. The number of aromatic nitrogens is 1. The van der Waals surface area contributed by atoms with Crippen molar-refractivity contribution in [2.24, 2.45) is 11.3 Å². The van der Waals surface area contributed by atoms with E-state index < -0.39 is 0 Å². The monoisotopic (exact) mass is 333 g/mol. The van der Waals surface area contributed by atoms with Crippen molar-refractivity contribution in [1.29, 1.82) is 0 Å². The number of likely N-dealkylation sites (tertiary alicyclic amines) is 2. The first-order valence-electron chi connectivity index (χ1n) is 8.58. The Bertz CT molecular complexity index is 640. The first-order valence-corrected chi connectivity index (χ1v) is 9.46. The average Bonchev–Trinajstić information content (AvgIpc) is 3.08. The fourth-order valence-electron chi connectivity index (χ4n) is 4.01. The van der Waals surface area contributed by atoms with E-state index in [4.69, 9.17) is 0 Å². The van der Waals surface area contributed by atoms with E-state index >= 15 is 0 Å². The fourth-order valence-corrected chi connectivity index (χ4v) is 4.78. The predicted molar refractivity (Wildman–Crippen MR) is 88.3 cm³/mol. The molecule has 0 unspecified atom stereocenters. The molecule has 2 amide bonds. The van der Waals surface area contributed by atoms with Gasteiger partial charge in [-0.1, -0.05) is 0 Å². The number of piperidine rings is 1. The Morgan fingerprint density at radius 2 is 2.22 bits per heavy atom. The highest BCUT2D eigenvalue weighted by molar-refractivity contribution is 7.11. The van der Waals surface area contributed by atoms with Crippen LogP contribution in [0, 0.1) is 18.3 Å². The van der Waals surface area contributed by atoms with Crippen molar-refractivity contribution in [2.75, 3.05) is 26.2 Å². The van der Waals surface area contributed by atoms with Crippen LogP contribution in [-0.4, -0.2) is 52.8 Å². The first-order chi connectivity index (χ1) is 11.1. The largest absolute Gasteiger partial charge is 0.342 e. The molecule has 3 heterocycles. The van der Waals surface area contributed by atoms with E-state index in [-0.39, 0.29) is 11.3 Å². The van der Waals surface area contributed by atoms with Crippen molar-refractivity contribution in [3.63, 3.8) is 0 Å². The molecule has 1 spiro atoms. The van der Waals surface area contributed by atoms with Gasteiger partial charge in [-0.3, -0.25) is 9.59 Å². The van der Waals surface area contributed by atoms with Gasteiger partial charge in [-0.15, -0.1) is 11.3 Å². The summed E-state index contributed by atoms with van der Waals surface area (Å²) in [7, 11) is 0. The summed E-state index contributed by atoms with van der Waals surface area (Å²) in [5.41, 5.74) is 2.20. The molecule has 2 aliphatic heterocycles. The number of nitrogens with zero attached hydrogens (tertiary/aromatic N) is 3. The summed E-state index contributed by atoms with van der Waals surface area (Å²) in [5.74, 6) is 1.08. The number of hydrogen-bond donors (Lipinski definition) is 0. The van der Waals surface area contributed by atoms with Gasteiger partial charge in [-0.2, -0.15) is 0 Å². The van der Waals surface area contributed by atoms with Crippen molar-refractivity contribution >= 4 is 23.2 Å². The molecule has 6 heteroatoms. The Labute approximate surface area is 140 Å². The Morgan fingerprint density at radius 1 is 1.39 bits per heavy atom. The van der Waals surface area contributed by atoms with Gasteiger partial charge in [-0.05, 0) is 44.9 Å². The lowest BCUT2D eigenvalue weighted by molar-refractivity contribution is -0.145. The molecule has 3 aliphatic rings. The topological polar surface area (TPSA) is 53.5 Å². The van der Waals surface area contributed by atoms with Gasteiger partial charge < -0.3 is 9.80 Å². The van der Waals surface area contributed by atoms with Gasteiger partial charge in [-0.25, -0.2) is 4.98 Å². The standard InChI is InChI=1S/C17H23N3O2S/c1-12-14(23-11-18-12)15(21)20-8-6-17(10-20)5-2-7-19(16(17)22)9-13-3-4-13/h11,13H,2-10H2,1H3/t17-/m1/s1. The van der Waals surface area contributed by atoms with E-state index in [0.717, 1.165) is 48.8 Å². The molecular weight excluding hydrogens is 310 g/mol. The second-order valence-electron chi connectivity index (χ2n) is 7.32. The second-order valence-corrected chi connectivity index (χ2v) is 8.18. The van der Waals surface area contributed by atoms with Gasteiger partial charge in [0.2, 0.25) is 5.91 Å². The van der Waals surface area contributed by atoms with Crippen LogP contribution in [0.5, 0.6) is 0 Å². The highest BCUT2D eigenvalue weighted by Gasteiger charge is 2.50. The first kappa shape index (κ1) is 15.1. The molecular formula is C17H23N3O2S. The van der Waals surface area contributed by atoms with Crippen molar-refractivity contribution in [3.8, 4) is 0 Å². The number of carbonyl (C=O) groups excluding carboxylic acids is 2. The predicted octanol–water partition coefficient (Wildman–Crippen LogP) is 2.32. The van der Waals surface area contributed by atoms with Gasteiger partial charge in [0.15, 0.2) is 0 Å². The van der Waals surface area contributed by atoms with Crippen molar-refractivity contribution in [2.45, 2.75) is 39.0 Å². The zero-order valence-corrected chi connectivity index (χ0v) is 14.4. The summed E-state index contributed by atoms with van der Waals surface area (Å²) in [6, 6.07) is 0. The highest BCUT2D eigenvalue weighted by Crippen LogP contribution is 2.42. The average molecular weight is 333 g/mol. The lowest BCUT2D eigenvalue weighted by Gasteiger charge is -2.39. The van der Waals surface area contributed by atoms with Crippen LogP contribution in [0.4, 0.5) is 0 Å². The minimum Gasteiger partial charge on any atom is -0.342 e. The van der Waals surface area contributed by atoms with Gasteiger partial charge in [0.05, 0.1) is 16.6 Å². The molecule has 4 rings (SSSR count). The third kappa shape index (κ3) is 2.67. The third-order valence-electron chi connectivity index (χ3n) is 5.58. The van der Waals surface area contributed by atoms with Crippen molar-refractivity contribution in [1.82, 2.24) is 14.8 Å². The number of aryl methyl sites for hydroxylation is 1. The van der Waals surface area contributed by atoms with E-state index in [2.05, 4.69) is 9.88 Å². The minimum absolute atomic E-state index is 0.0500. The summed E-state index contributed by atoms with van der Waals surface area (Å²) in [5, 5.41) is 0. The number of thiazole rings is 1. The van der Waals surface area contributed by atoms with Crippen LogP contribution in [0.1, 0.15) is 47.5 Å². The molecule has 0 radical (unpaired) electrons. The Morgan fingerprint density at radius 3 is 2.91 bits per heavy atom. The maximum Gasteiger partial charge on any atom is 0.265 e. The highest BCUT2D eigenvalue weighted by atomic mass is 32.1. The van der Waals surface area contributed by atoms with Gasteiger partial charge in [0.25, 0.3) is 5.91 Å². The molecule has 1 aromatic heterocycles. The molecule has 5 nitrogen and oxygen atoms in total. The summed E-state index contributed by atoms with van der Waals surface area (Å²) in [6.45, 7) is 4.99. The molecule has 2 saturated heterocycles. The van der Waals surface area contributed by atoms with E-state index in [1.165, 1.54) is 24.2 Å². The molecule has 0 N–H and O–H groups in total. The lowest BCUT2D eigenvalue weighted by Crippen LogP contribution is -2.50. The molecule has 124 valence electrons. The SMILES string of the molecule is Cc1ncsc1C(=O)N1CC[C@]2(CCCN(CC3CC3)C2=O)C1. The van der Waals surface area contributed by atoms with Crippen LogP contribution in [0.2, 0.25) is 0 Å². The Hall–Kier alpha value is -1.43. The zero-order valence-electron chi connectivity index (χ0n) is 13.6. The number of carbonyl (C=O) groups is 2. The number of hydrogen-bond acceptors (Lipinski definition) is 4. The Kier molecular flexibility index (Phi) is 3.67. The van der Waals surface area contributed by atoms with Crippen LogP contribution < -0.4 is 0 Å². The van der Waals surface area contributed by atoms with Crippen LogP contribution in [-0.2, 0) is 4.79 Å². The number of rotatable bonds is 3. The maximum atomic E-state index is 13.0. The summed E-state index contributed by atoms with van der Waals surface area (Å²) < 4.78 is 0. The van der Waals surface area contributed by atoms with E-state index in [9.17, 15) is 9.59 Å². The van der Waals surface area contributed by atoms with Crippen molar-refractivity contribution in [3.05, 3.63) is 16.1 Å². The van der Waals surface area contributed by atoms with Crippen LogP contribution in [0.15, 0.2) is 5.51 Å². The van der Waals surface area contributed by atoms with E-state index in [1.807, 2.05) is 11.8 Å². The second kappa shape index (κ2) is 5.58. The molecule has 1 aromatic rings. The van der Waals surface area contributed by atoms with Crippen LogP contribution in [0.25, 0.3) is 0 Å². The zero-order chi connectivity index (χ0) is 16.0. The molecule has 23 heavy (non-hydrogen) atoms. The number of amides is 2. The van der Waals surface area contributed by atoms with Crippen LogP contribution >= 0.6 is 11.3 Å². The molecule has 1 aliphatic carbocycles. The smallest absolute Gasteiger partial charge is 0.265 e. The summed E-state index contributed by atoms with van der Waals surface area (Å²) in [4.78, 5) is 34.6. The quantitative estimate of drug-likeness (QED) is 0.853. The third-order valence-corrected chi connectivity index (χ3v) is 6.50. The maximum absolute atomic E-state index is 13.0. The minimum atomic E-state index is -0.318. The molecule has 0 aromatic carbocycles. The van der Waals surface area contributed by atoms with Crippen molar-refractivity contribution < 1.29 is 9.59 Å². The van der Waals surface area contributed by atoms with Gasteiger partial charge in [0.1, 0.15) is 4.88 Å². The summed E-state index contributed by atoms with van der Waals surface area (Å²) >= 11 is 1.40. The normalized spacial score (nSPS) is 28.0.